The number of H-pyrrole nitrogens is 1. The number of fused-ring (bicyclic) bond motifs is 3. The minimum atomic E-state index is 0.924. The fourth-order valence-corrected chi connectivity index (χ4v) is 3.24. The number of rotatable bonds is 2. The van der Waals surface area contributed by atoms with Gasteiger partial charge in [-0.15, -0.1) is 0 Å². The van der Waals surface area contributed by atoms with Crippen molar-refractivity contribution in [3.05, 3.63) is 59.8 Å². The Morgan fingerprint density at radius 1 is 1.05 bits per heavy atom. The zero-order valence-electron chi connectivity index (χ0n) is 12.1. The molecule has 2 heterocycles. The molecule has 0 unspecified atom stereocenters. The number of para-hydroxylation sites is 2. The highest BCUT2D eigenvalue weighted by Gasteiger charge is 2.21. The topological polar surface area (TPSA) is 28.3 Å². The second-order valence-electron chi connectivity index (χ2n) is 5.47. The van der Waals surface area contributed by atoms with E-state index in [2.05, 4.69) is 52.3 Å². The van der Waals surface area contributed by atoms with Gasteiger partial charge >= 0.3 is 0 Å². The van der Waals surface area contributed by atoms with E-state index in [-0.39, 0.29) is 0 Å². The van der Waals surface area contributed by atoms with Crippen molar-refractivity contribution in [3.63, 3.8) is 0 Å². The molecule has 0 fully saturated rings. The highest BCUT2D eigenvalue weighted by molar-refractivity contribution is 5.90. The maximum Gasteiger partial charge on any atom is 0.142 e. The maximum absolute atomic E-state index is 5.47. The van der Waals surface area contributed by atoms with Crippen LogP contribution in [0.25, 0.3) is 10.9 Å². The van der Waals surface area contributed by atoms with Gasteiger partial charge in [0.25, 0.3) is 0 Å². The van der Waals surface area contributed by atoms with E-state index in [9.17, 15) is 0 Å². The molecule has 0 aliphatic carbocycles. The zero-order valence-corrected chi connectivity index (χ0v) is 12.1. The lowest BCUT2D eigenvalue weighted by atomic mass is 10.0. The summed E-state index contributed by atoms with van der Waals surface area (Å²) in [7, 11) is 1.73. The molecular weight excluding hydrogens is 260 g/mol. The lowest BCUT2D eigenvalue weighted by molar-refractivity contribution is 0.419. The van der Waals surface area contributed by atoms with Crippen molar-refractivity contribution in [1.82, 2.24) is 4.98 Å². The van der Waals surface area contributed by atoms with Crippen LogP contribution in [0.15, 0.2) is 48.5 Å². The molecule has 3 nitrogen and oxygen atoms in total. The summed E-state index contributed by atoms with van der Waals surface area (Å²) in [6, 6.07) is 16.9. The molecule has 0 atom stereocenters. The Morgan fingerprint density at radius 2 is 1.90 bits per heavy atom. The van der Waals surface area contributed by atoms with Gasteiger partial charge in [0.15, 0.2) is 0 Å². The SMILES string of the molecule is COc1cccc2c3c([nH]c12)CCN(c1ccccc1)C3. The molecule has 0 radical (unpaired) electrons. The first-order chi connectivity index (χ1) is 10.4. The van der Waals surface area contributed by atoms with Crippen LogP contribution in [0.1, 0.15) is 11.3 Å². The van der Waals surface area contributed by atoms with Gasteiger partial charge in [0.1, 0.15) is 5.75 Å². The fraction of sp³-hybridized carbons (Fsp3) is 0.222. The van der Waals surface area contributed by atoms with Crippen molar-refractivity contribution in [3.8, 4) is 5.75 Å². The lowest BCUT2D eigenvalue weighted by Gasteiger charge is -2.29. The molecule has 1 aliphatic heterocycles. The van der Waals surface area contributed by atoms with E-state index in [1.54, 1.807) is 7.11 Å². The van der Waals surface area contributed by atoms with E-state index in [0.717, 1.165) is 30.8 Å². The molecule has 1 N–H and O–H groups in total. The predicted octanol–water partition coefficient (Wildman–Crippen LogP) is 3.74. The minimum absolute atomic E-state index is 0.924. The lowest BCUT2D eigenvalue weighted by Crippen LogP contribution is -2.29. The van der Waals surface area contributed by atoms with Crippen LogP contribution in [0.2, 0.25) is 0 Å². The molecule has 0 spiro atoms. The van der Waals surface area contributed by atoms with Gasteiger partial charge in [-0.1, -0.05) is 30.3 Å². The first-order valence-corrected chi connectivity index (χ1v) is 7.33. The molecule has 3 aromatic rings. The van der Waals surface area contributed by atoms with Gasteiger partial charge < -0.3 is 14.6 Å². The Kier molecular flexibility index (Phi) is 2.85. The number of nitrogens with zero attached hydrogens (tertiary/aromatic N) is 1. The third kappa shape index (κ3) is 1.97. The number of hydrogen-bond donors (Lipinski definition) is 1. The van der Waals surface area contributed by atoms with Crippen molar-refractivity contribution in [2.45, 2.75) is 13.0 Å². The van der Waals surface area contributed by atoms with Crippen LogP contribution in [0, 0.1) is 0 Å². The van der Waals surface area contributed by atoms with E-state index in [4.69, 9.17) is 4.74 Å². The molecule has 21 heavy (non-hydrogen) atoms. The van der Waals surface area contributed by atoms with E-state index in [1.165, 1.54) is 22.3 Å². The van der Waals surface area contributed by atoms with Crippen LogP contribution in [0.4, 0.5) is 5.69 Å². The minimum Gasteiger partial charge on any atom is -0.495 e. The summed E-state index contributed by atoms with van der Waals surface area (Å²) in [6.45, 7) is 2.00. The van der Waals surface area contributed by atoms with Gasteiger partial charge in [-0.2, -0.15) is 0 Å². The summed E-state index contributed by atoms with van der Waals surface area (Å²) < 4.78 is 5.47. The van der Waals surface area contributed by atoms with E-state index in [0.29, 0.717) is 0 Å². The average molecular weight is 278 g/mol. The molecule has 0 bridgehead atoms. The molecule has 0 saturated heterocycles. The fourth-order valence-electron chi connectivity index (χ4n) is 3.24. The van der Waals surface area contributed by atoms with Gasteiger partial charge in [0, 0.05) is 41.8 Å². The van der Waals surface area contributed by atoms with Crippen molar-refractivity contribution in [2.75, 3.05) is 18.6 Å². The van der Waals surface area contributed by atoms with Crippen LogP contribution in [0.5, 0.6) is 5.75 Å². The quantitative estimate of drug-likeness (QED) is 0.773. The molecule has 106 valence electrons. The first-order valence-electron chi connectivity index (χ1n) is 7.33. The number of anilines is 1. The van der Waals surface area contributed by atoms with Gasteiger partial charge in [0.05, 0.1) is 12.6 Å². The summed E-state index contributed by atoms with van der Waals surface area (Å²) in [5.74, 6) is 0.924. The van der Waals surface area contributed by atoms with Crippen molar-refractivity contribution < 1.29 is 4.74 Å². The van der Waals surface area contributed by atoms with Crippen LogP contribution in [-0.4, -0.2) is 18.6 Å². The number of aromatic nitrogens is 1. The van der Waals surface area contributed by atoms with Gasteiger partial charge in [0.2, 0.25) is 0 Å². The Morgan fingerprint density at radius 3 is 2.71 bits per heavy atom. The Balaban J connectivity index is 1.78. The van der Waals surface area contributed by atoms with Crippen molar-refractivity contribution in [2.24, 2.45) is 0 Å². The second kappa shape index (κ2) is 4.85. The number of methoxy groups -OCH3 is 1. The molecule has 1 aromatic heterocycles. The third-order valence-corrected chi connectivity index (χ3v) is 4.31. The molecule has 0 saturated carbocycles. The summed E-state index contributed by atoms with van der Waals surface area (Å²) in [5, 5.41) is 1.28. The summed E-state index contributed by atoms with van der Waals surface area (Å²) >= 11 is 0. The number of hydrogen-bond acceptors (Lipinski definition) is 2. The molecule has 2 aromatic carbocycles. The molecular formula is C18H18N2O. The Labute approximate surface area is 124 Å². The largest absolute Gasteiger partial charge is 0.495 e. The monoisotopic (exact) mass is 278 g/mol. The molecule has 1 aliphatic rings. The van der Waals surface area contributed by atoms with Gasteiger partial charge in [-0.3, -0.25) is 0 Å². The standard InChI is InChI=1S/C18H18N2O/c1-21-17-9-5-8-14-15-12-20(13-6-3-2-4-7-13)11-10-16(15)19-18(14)17/h2-9,19H,10-12H2,1H3. The highest BCUT2D eigenvalue weighted by atomic mass is 16.5. The Hall–Kier alpha value is -2.42. The highest BCUT2D eigenvalue weighted by Crippen LogP contribution is 2.34. The number of ether oxygens (including phenoxy) is 1. The third-order valence-electron chi connectivity index (χ3n) is 4.31. The second-order valence-corrected chi connectivity index (χ2v) is 5.47. The molecule has 4 rings (SSSR count). The van der Waals surface area contributed by atoms with Crippen molar-refractivity contribution in [1.29, 1.82) is 0 Å². The predicted molar refractivity (Wildman–Crippen MR) is 86.0 cm³/mol. The number of nitrogens with one attached hydrogen (secondary N) is 1. The van der Waals surface area contributed by atoms with E-state index in [1.807, 2.05) is 6.07 Å². The number of aromatic amines is 1. The van der Waals surface area contributed by atoms with Crippen LogP contribution in [0.3, 0.4) is 0 Å². The van der Waals surface area contributed by atoms with Crippen LogP contribution < -0.4 is 9.64 Å². The van der Waals surface area contributed by atoms with E-state index < -0.39 is 0 Å². The average Bonchev–Trinajstić information content (AvgIpc) is 2.93. The first kappa shape index (κ1) is 12.3. The van der Waals surface area contributed by atoms with Gasteiger partial charge in [-0.05, 0) is 18.2 Å². The zero-order chi connectivity index (χ0) is 14.2. The number of benzene rings is 2. The van der Waals surface area contributed by atoms with E-state index >= 15 is 0 Å². The normalized spacial score (nSPS) is 14.2. The smallest absolute Gasteiger partial charge is 0.142 e. The van der Waals surface area contributed by atoms with Crippen molar-refractivity contribution >= 4 is 16.6 Å². The maximum atomic E-state index is 5.47. The summed E-state index contributed by atoms with van der Waals surface area (Å²) in [4.78, 5) is 6.00. The Bertz CT molecular complexity index is 777. The van der Waals surface area contributed by atoms with Crippen LogP contribution in [-0.2, 0) is 13.0 Å². The summed E-state index contributed by atoms with van der Waals surface area (Å²) in [6.07, 6.45) is 1.04. The molecule has 3 heteroatoms. The summed E-state index contributed by atoms with van der Waals surface area (Å²) in [5.41, 5.74) is 5.17. The van der Waals surface area contributed by atoms with Gasteiger partial charge in [-0.25, -0.2) is 0 Å². The molecule has 0 amide bonds. The van der Waals surface area contributed by atoms with Crippen LogP contribution >= 0.6 is 0 Å².